The molecule has 2 heterocycles. The van der Waals surface area contributed by atoms with E-state index < -0.39 is 0 Å². The minimum Gasteiger partial charge on any atom is -0.298 e. The molecule has 4 nitrogen and oxygen atoms in total. The summed E-state index contributed by atoms with van der Waals surface area (Å²) < 4.78 is 2.40. The molecule has 3 rings (SSSR count). The molecule has 1 aliphatic heterocycles. The fourth-order valence-corrected chi connectivity index (χ4v) is 4.72. The molecule has 1 saturated carbocycles. The maximum Gasteiger partial charge on any atom is 0.0653 e. The van der Waals surface area contributed by atoms with Gasteiger partial charge in [-0.1, -0.05) is 27.7 Å². The van der Waals surface area contributed by atoms with E-state index in [2.05, 4.69) is 62.1 Å². The van der Waals surface area contributed by atoms with Crippen LogP contribution in [0.25, 0.3) is 0 Å². The maximum absolute atomic E-state index is 5.02. The largest absolute Gasteiger partial charge is 0.298 e. The molecule has 0 aromatic carbocycles. The van der Waals surface area contributed by atoms with Crippen LogP contribution >= 0.6 is 0 Å². The molecule has 26 heavy (non-hydrogen) atoms. The zero-order chi connectivity index (χ0) is 18.8. The van der Waals surface area contributed by atoms with E-state index in [1.54, 1.807) is 0 Å². The Labute approximate surface area is 160 Å². The van der Waals surface area contributed by atoms with Crippen LogP contribution in [0.4, 0.5) is 0 Å². The van der Waals surface area contributed by atoms with Gasteiger partial charge in [0.25, 0.3) is 0 Å². The van der Waals surface area contributed by atoms with E-state index in [4.69, 9.17) is 5.10 Å². The van der Waals surface area contributed by atoms with Gasteiger partial charge >= 0.3 is 0 Å². The second kappa shape index (κ2) is 8.43. The third kappa shape index (κ3) is 4.33. The lowest BCUT2D eigenvalue weighted by molar-refractivity contribution is 0.0572. The van der Waals surface area contributed by atoms with E-state index in [1.165, 1.54) is 63.3 Å². The maximum atomic E-state index is 5.02. The zero-order valence-electron chi connectivity index (χ0n) is 17.9. The van der Waals surface area contributed by atoms with Gasteiger partial charge in [0.2, 0.25) is 0 Å². The average molecular weight is 361 g/mol. The van der Waals surface area contributed by atoms with Crippen molar-refractivity contribution >= 4 is 0 Å². The molecule has 0 bridgehead atoms. The summed E-state index contributed by atoms with van der Waals surface area (Å²) in [6, 6.07) is 4.45. The standard InChI is InChI=1S/C22H40N4/c1-16(2)21-15-22(17(3)4)26(23-21)20-9-7-19(8-10-20)25-13-11-24(12-14-25)18(5)6/h15-20H,7-14H2,1-6H3/t19-,20+. The fraction of sp³-hybridized carbons (Fsp3) is 0.864. The van der Waals surface area contributed by atoms with Gasteiger partial charge in [-0.15, -0.1) is 0 Å². The summed E-state index contributed by atoms with van der Waals surface area (Å²) in [5.74, 6) is 1.07. The zero-order valence-corrected chi connectivity index (χ0v) is 17.9. The summed E-state index contributed by atoms with van der Waals surface area (Å²) in [5.41, 5.74) is 2.70. The van der Waals surface area contributed by atoms with E-state index in [1.807, 2.05) is 0 Å². The molecule has 2 fully saturated rings. The molecule has 1 aromatic rings. The van der Waals surface area contributed by atoms with Crippen molar-refractivity contribution in [2.45, 2.75) is 97.2 Å². The van der Waals surface area contributed by atoms with Gasteiger partial charge < -0.3 is 0 Å². The van der Waals surface area contributed by atoms with Crippen LogP contribution in [0.15, 0.2) is 6.07 Å². The Kier molecular flexibility index (Phi) is 6.45. The highest BCUT2D eigenvalue weighted by atomic mass is 15.3. The minimum atomic E-state index is 0.516. The van der Waals surface area contributed by atoms with Gasteiger partial charge in [0, 0.05) is 44.0 Å². The van der Waals surface area contributed by atoms with Crippen molar-refractivity contribution in [3.05, 3.63) is 17.5 Å². The smallest absolute Gasteiger partial charge is 0.0653 e. The minimum absolute atomic E-state index is 0.516. The first-order chi connectivity index (χ1) is 12.4. The second-order valence-corrected chi connectivity index (χ2v) is 9.38. The SMILES string of the molecule is CC(C)c1cc(C(C)C)n([C@H]2CC[C@@H](N3CCN(C(C)C)CC3)CC2)n1. The number of hydrogen-bond donors (Lipinski definition) is 0. The van der Waals surface area contributed by atoms with Crippen LogP contribution in [-0.2, 0) is 0 Å². The molecular weight excluding hydrogens is 320 g/mol. The molecule has 2 aliphatic rings. The molecule has 0 unspecified atom stereocenters. The molecule has 0 amide bonds. The van der Waals surface area contributed by atoms with Crippen LogP contribution in [0.3, 0.4) is 0 Å². The van der Waals surface area contributed by atoms with Crippen molar-refractivity contribution in [3.63, 3.8) is 0 Å². The fourth-order valence-electron chi connectivity index (χ4n) is 4.72. The second-order valence-electron chi connectivity index (χ2n) is 9.38. The van der Waals surface area contributed by atoms with Crippen molar-refractivity contribution in [3.8, 4) is 0 Å². The Morgan fingerprint density at radius 3 is 1.88 bits per heavy atom. The predicted octanol–water partition coefficient (Wildman–Crippen LogP) is 4.64. The van der Waals surface area contributed by atoms with E-state index in [0.29, 0.717) is 23.9 Å². The van der Waals surface area contributed by atoms with Crippen LogP contribution in [0.5, 0.6) is 0 Å². The first-order valence-corrected chi connectivity index (χ1v) is 10.9. The highest BCUT2D eigenvalue weighted by molar-refractivity contribution is 5.17. The molecule has 1 aliphatic carbocycles. The normalized spacial score (nSPS) is 26.3. The predicted molar refractivity (Wildman–Crippen MR) is 110 cm³/mol. The number of nitrogens with zero attached hydrogens (tertiary/aromatic N) is 4. The third-order valence-corrected chi connectivity index (χ3v) is 6.57. The monoisotopic (exact) mass is 360 g/mol. The van der Waals surface area contributed by atoms with Crippen molar-refractivity contribution in [1.82, 2.24) is 19.6 Å². The highest BCUT2D eigenvalue weighted by Crippen LogP contribution is 2.34. The Balaban J connectivity index is 1.59. The molecule has 0 N–H and O–H groups in total. The molecule has 0 radical (unpaired) electrons. The molecule has 0 atom stereocenters. The Morgan fingerprint density at radius 1 is 0.808 bits per heavy atom. The Bertz CT molecular complexity index is 559. The van der Waals surface area contributed by atoms with Gasteiger partial charge in [0.15, 0.2) is 0 Å². The third-order valence-electron chi connectivity index (χ3n) is 6.57. The molecule has 0 spiro atoms. The number of rotatable bonds is 5. The van der Waals surface area contributed by atoms with Crippen LogP contribution in [-0.4, -0.2) is 57.8 Å². The summed E-state index contributed by atoms with van der Waals surface area (Å²) in [6.45, 7) is 18.8. The molecule has 148 valence electrons. The van der Waals surface area contributed by atoms with Gasteiger partial charge in [0.1, 0.15) is 0 Å². The molecule has 1 saturated heterocycles. The first kappa shape index (κ1) is 19.9. The van der Waals surface area contributed by atoms with Crippen LogP contribution in [0.2, 0.25) is 0 Å². The summed E-state index contributed by atoms with van der Waals surface area (Å²) in [5, 5.41) is 5.02. The van der Waals surface area contributed by atoms with Gasteiger partial charge in [-0.25, -0.2) is 0 Å². The van der Waals surface area contributed by atoms with Gasteiger partial charge in [-0.05, 0) is 57.4 Å². The highest BCUT2D eigenvalue weighted by Gasteiger charge is 2.31. The lowest BCUT2D eigenvalue weighted by Gasteiger charge is -2.43. The quantitative estimate of drug-likeness (QED) is 0.764. The topological polar surface area (TPSA) is 24.3 Å². The van der Waals surface area contributed by atoms with Crippen molar-refractivity contribution in [2.75, 3.05) is 26.2 Å². The van der Waals surface area contributed by atoms with Gasteiger partial charge in [-0.2, -0.15) is 5.10 Å². The number of aromatic nitrogens is 2. The summed E-state index contributed by atoms with van der Waals surface area (Å²) >= 11 is 0. The summed E-state index contributed by atoms with van der Waals surface area (Å²) in [7, 11) is 0. The summed E-state index contributed by atoms with van der Waals surface area (Å²) in [6.07, 6.45) is 5.24. The van der Waals surface area contributed by atoms with Crippen molar-refractivity contribution in [2.24, 2.45) is 0 Å². The molecule has 1 aromatic heterocycles. The van der Waals surface area contributed by atoms with Crippen LogP contribution in [0, 0.1) is 0 Å². The van der Waals surface area contributed by atoms with E-state index in [9.17, 15) is 0 Å². The number of hydrogen-bond acceptors (Lipinski definition) is 3. The number of piperazine rings is 1. The van der Waals surface area contributed by atoms with E-state index >= 15 is 0 Å². The first-order valence-electron chi connectivity index (χ1n) is 10.9. The van der Waals surface area contributed by atoms with Crippen molar-refractivity contribution in [1.29, 1.82) is 0 Å². The van der Waals surface area contributed by atoms with Gasteiger partial charge in [0.05, 0.1) is 11.7 Å². The van der Waals surface area contributed by atoms with Crippen LogP contribution < -0.4 is 0 Å². The molecular formula is C22H40N4. The Hall–Kier alpha value is -0.870. The summed E-state index contributed by atoms with van der Waals surface area (Å²) in [4.78, 5) is 5.38. The lowest BCUT2D eigenvalue weighted by Crippen LogP contribution is -2.52. The van der Waals surface area contributed by atoms with E-state index in [0.717, 1.165) is 6.04 Å². The molecule has 4 heteroatoms. The van der Waals surface area contributed by atoms with Gasteiger partial charge in [-0.3, -0.25) is 14.5 Å². The van der Waals surface area contributed by atoms with Crippen LogP contribution in [0.1, 0.15) is 96.5 Å². The lowest BCUT2D eigenvalue weighted by atomic mass is 9.89. The Morgan fingerprint density at radius 2 is 1.38 bits per heavy atom. The van der Waals surface area contributed by atoms with Crippen molar-refractivity contribution < 1.29 is 0 Å². The average Bonchev–Trinajstić information content (AvgIpc) is 3.08. The van der Waals surface area contributed by atoms with E-state index in [-0.39, 0.29) is 0 Å².